The van der Waals surface area contributed by atoms with Crippen molar-refractivity contribution < 1.29 is 25.8 Å². The number of benzene rings is 5. The Hall–Kier alpha value is -5.52. The summed E-state index contributed by atoms with van der Waals surface area (Å²) in [5.74, 6) is 1.93. The van der Waals surface area contributed by atoms with Crippen LogP contribution in [0.4, 0.5) is 0 Å². The van der Waals surface area contributed by atoms with Gasteiger partial charge in [0.2, 0.25) is 0 Å². The molecule has 0 aliphatic carbocycles. The van der Waals surface area contributed by atoms with Crippen LogP contribution in [0.1, 0.15) is 22.5 Å². The van der Waals surface area contributed by atoms with Crippen LogP contribution in [0, 0.1) is 39.8 Å². The zero-order chi connectivity index (χ0) is 32.5. The Morgan fingerprint density at radius 1 is 0.592 bits per heavy atom. The molecule has 0 N–H and O–H groups in total. The molecule has 240 valence electrons. The van der Waals surface area contributed by atoms with Gasteiger partial charge in [0.05, 0.1) is 28.1 Å². The molecule has 9 rings (SSSR count). The summed E-state index contributed by atoms with van der Waals surface area (Å²) in [4.78, 5) is 6.52. The van der Waals surface area contributed by atoms with Gasteiger partial charge in [-0.1, -0.05) is 60.1 Å². The Balaban J connectivity index is 0.00000348. The average Bonchev–Trinajstić information content (AvgIpc) is 3.75. The molecule has 0 spiro atoms. The molecule has 49 heavy (non-hydrogen) atoms. The van der Waals surface area contributed by atoms with Crippen molar-refractivity contribution in [2.24, 2.45) is 0 Å². The summed E-state index contributed by atoms with van der Waals surface area (Å²) in [6.45, 7) is 8.24. The number of pyridine rings is 1. The van der Waals surface area contributed by atoms with Crippen molar-refractivity contribution in [2.75, 3.05) is 0 Å². The second-order valence-electron chi connectivity index (χ2n) is 12.2. The maximum atomic E-state index is 6.36. The van der Waals surface area contributed by atoms with E-state index in [-0.39, 0.29) is 21.1 Å². The van der Waals surface area contributed by atoms with Gasteiger partial charge < -0.3 is 13.9 Å². The Labute approximate surface area is 297 Å². The van der Waals surface area contributed by atoms with Crippen molar-refractivity contribution in [3.8, 4) is 28.7 Å². The molecule has 0 saturated heterocycles. The molecule has 0 unspecified atom stereocenters. The number of aryl methyl sites for hydroxylation is 4. The summed E-state index contributed by atoms with van der Waals surface area (Å²) in [6, 6.07) is 42.4. The molecule has 0 aliphatic heterocycles. The van der Waals surface area contributed by atoms with Gasteiger partial charge in [0.15, 0.2) is 0 Å². The van der Waals surface area contributed by atoms with E-state index in [4.69, 9.17) is 9.72 Å². The summed E-state index contributed by atoms with van der Waals surface area (Å²) in [5.41, 5.74) is 10.3. The zero-order valence-electron chi connectivity index (χ0n) is 27.3. The van der Waals surface area contributed by atoms with E-state index in [1.54, 1.807) is 4.80 Å². The molecule has 0 saturated carbocycles. The van der Waals surface area contributed by atoms with Gasteiger partial charge >= 0.3 is 21.1 Å². The van der Waals surface area contributed by atoms with E-state index < -0.39 is 0 Å². The van der Waals surface area contributed by atoms with Crippen molar-refractivity contribution in [1.29, 1.82) is 0 Å². The molecule has 0 aliphatic rings. The van der Waals surface area contributed by atoms with Gasteiger partial charge in [-0.2, -0.15) is 27.1 Å². The Bertz CT molecular complexity index is 2640. The van der Waals surface area contributed by atoms with Crippen LogP contribution < -0.4 is 4.74 Å². The van der Waals surface area contributed by atoms with Gasteiger partial charge in [-0.3, -0.25) is 0 Å². The third-order valence-electron chi connectivity index (χ3n) is 9.19. The molecular formula is C41H30N6OPt. The molecule has 0 atom stereocenters. The van der Waals surface area contributed by atoms with Crippen LogP contribution in [-0.2, 0) is 21.1 Å². The molecule has 5 aromatic carbocycles. The van der Waals surface area contributed by atoms with Crippen molar-refractivity contribution in [3.05, 3.63) is 144 Å². The number of nitrogens with zero attached hydrogens (tertiary/aromatic N) is 6. The van der Waals surface area contributed by atoms with Gasteiger partial charge in [0.1, 0.15) is 5.82 Å². The second kappa shape index (κ2) is 11.9. The summed E-state index contributed by atoms with van der Waals surface area (Å²) in [7, 11) is 0. The molecular weight excluding hydrogens is 788 g/mol. The number of para-hydroxylation sites is 3. The fraction of sp³-hybridized carbons (Fsp3) is 0.0976. The number of fused-ring (bicyclic) bond motifs is 6. The number of hydrogen-bond acceptors (Lipinski definition) is 4. The molecule has 9 aromatic rings. The van der Waals surface area contributed by atoms with Crippen LogP contribution in [0.15, 0.2) is 109 Å². The van der Waals surface area contributed by atoms with Crippen molar-refractivity contribution >= 4 is 43.6 Å². The minimum Gasteiger partial charge on any atom is -0.509 e. The predicted octanol–water partition coefficient (Wildman–Crippen LogP) is 9.48. The molecule has 0 amide bonds. The molecule has 7 nitrogen and oxygen atoms in total. The molecule has 4 heterocycles. The van der Waals surface area contributed by atoms with Crippen LogP contribution >= 0.6 is 0 Å². The Kier molecular flexibility index (Phi) is 7.46. The van der Waals surface area contributed by atoms with Crippen molar-refractivity contribution in [2.45, 2.75) is 27.7 Å². The fourth-order valence-corrected chi connectivity index (χ4v) is 6.85. The van der Waals surface area contributed by atoms with E-state index in [1.807, 2.05) is 44.3 Å². The number of rotatable bonds is 5. The maximum absolute atomic E-state index is 6.36. The monoisotopic (exact) mass is 817 g/mol. The number of hydrogen-bond donors (Lipinski definition) is 0. The van der Waals surface area contributed by atoms with Gasteiger partial charge in [0.25, 0.3) is 0 Å². The second-order valence-corrected chi connectivity index (χ2v) is 12.2. The summed E-state index contributed by atoms with van der Waals surface area (Å²) in [5, 5.41) is 13.7. The fourth-order valence-electron chi connectivity index (χ4n) is 6.85. The first-order valence-corrected chi connectivity index (χ1v) is 16.0. The Morgan fingerprint density at radius 3 is 1.98 bits per heavy atom. The number of aromatic nitrogens is 6. The van der Waals surface area contributed by atoms with Crippen LogP contribution in [0.2, 0.25) is 0 Å². The quantitative estimate of drug-likeness (QED) is 0.163. The molecule has 8 heteroatoms. The van der Waals surface area contributed by atoms with E-state index in [0.717, 1.165) is 44.7 Å². The van der Waals surface area contributed by atoms with Crippen LogP contribution in [0.5, 0.6) is 11.5 Å². The van der Waals surface area contributed by atoms with Gasteiger partial charge in [-0.25, -0.2) is 4.98 Å². The average molecular weight is 818 g/mol. The Morgan fingerprint density at radius 2 is 1.24 bits per heavy atom. The van der Waals surface area contributed by atoms with Crippen LogP contribution in [-0.4, -0.2) is 29.1 Å². The number of ether oxygens (including phenoxy) is 1. The predicted molar refractivity (Wildman–Crippen MR) is 191 cm³/mol. The summed E-state index contributed by atoms with van der Waals surface area (Å²) < 4.78 is 10.9. The molecule has 0 bridgehead atoms. The largest absolute Gasteiger partial charge is 2.00 e. The molecule has 0 radical (unpaired) electrons. The third kappa shape index (κ3) is 4.96. The van der Waals surface area contributed by atoms with E-state index in [2.05, 4.69) is 124 Å². The van der Waals surface area contributed by atoms with E-state index in [9.17, 15) is 0 Å². The minimum absolute atomic E-state index is 0. The first kappa shape index (κ1) is 30.8. The smallest absolute Gasteiger partial charge is 0.509 e. The minimum atomic E-state index is 0. The van der Waals surface area contributed by atoms with Gasteiger partial charge in [0, 0.05) is 40.1 Å². The van der Waals surface area contributed by atoms with Gasteiger partial charge in [-0.05, 0) is 62.0 Å². The molecule has 4 aromatic heterocycles. The zero-order valence-corrected chi connectivity index (χ0v) is 29.6. The summed E-state index contributed by atoms with van der Waals surface area (Å²) >= 11 is 0. The van der Waals surface area contributed by atoms with Gasteiger partial charge in [-0.15, -0.1) is 35.7 Å². The van der Waals surface area contributed by atoms with Crippen molar-refractivity contribution in [3.63, 3.8) is 0 Å². The topological polar surface area (TPSA) is 62.7 Å². The molecule has 0 fully saturated rings. The third-order valence-corrected chi connectivity index (χ3v) is 9.19. The first-order chi connectivity index (χ1) is 23.4. The normalized spacial score (nSPS) is 11.5. The van der Waals surface area contributed by atoms with E-state index >= 15 is 0 Å². The van der Waals surface area contributed by atoms with E-state index in [0.29, 0.717) is 17.2 Å². The van der Waals surface area contributed by atoms with Crippen LogP contribution in [0.25, 0.3) is 60.8 Å². The standard InChI is InChI=1S/C41H30N6O.Pt/c1-25-10-7-15-35-36-16-8-11-26(2)41(36)45(40(25)35)29-20-21-42-39(23-29)46-37-17-6-5-14-33(37)34-19-18-32(24-38(34)46)48-31-13-9-12-30(22-31)47-43-27(3)28(4)44-47;/h5-21,23H,1-4H3;/q-2;+2. The first-order valence-electron chi connectivity index (χ1n) is 16.0. The summed E-state index contributed by atoms with van der Waals surface area (Å²) in [6.07, 6.45) is 1.90. The van der Waals surface area contributed by atoms with Crippen LogP contribution in [0.3, 0.4) is 0 Å². The van der Waals surface area contributed by atoms with E-state index in [1.165, 1.54) is 32.9 Å². The van der Waals surface area contributed by atoms with Crippen molar-refractivity contribution in [1.82, 2.24) is 29.1 Å². The maximum Gasteiger partial charge on any atom is 2.00 e. The SMILES string of the molecule is Cc1nn(-c2[c-]c(Oc3[c-]c4c(cc3)c3ccccc3n4-c3cc(-n4c5c(C)cccc5c5cccc(C)c54)ccn3)ccc2)nc1C.[Pt+2].